The summed E-state index contributed by atoms with van der Waals surface area (Å²) in [6, 6.07) is 1.62. The number of ether oxygens (including phenoxy) is 1. The molecule has 9 heteroatoms. The summed E-state index contributed by atoms with van der Waals surface area (Å²) in [5.74, 6) is 0.0560. The smallest absolute Gasteiger partial charge is 0.165 e. The van der Waals surface area contributed by atoms with Crippen molar-refractivity contribution in [2.45, 2.75) is 24.5 Å². The minimum absolute atomic E-state index is 0.0560. The van der Waals surface area contributed by atoms with Gasteiger partial charge in [-0.3, -0.25) is 8.78 Å². The Bertz CT molecular complexity index is 734. The number of imidazole rings is 1. The Balaban J connectivity index is 1.92. The summed E-state index contributed by atoms with van der Waals surface area (Å²) in [6.45, 7) is 3.43. The van der Waals surface area contributed by atoms with Crippen LogP contribution in [0.15, 0.2) is 30.6 Å². The topological polar surface area (TPSA) is 123 Å². The van der Waals surface area contributed by atoms with E-state index in [1.54, 1.807) is 6.07 Å². The van der Waals surface area contributed by atoms with Crippen LogP contribution in [0.25, 0.3) is 11.2 Å². The highest BCUT2D eigenvalue weighted by Crippen LogP contribution is 2.32. The van der Waals surface area contributed by atoms with Crippen molar-refractivity contribution in [3.05, 3.63) is 30.6 Å². The van der Waals surface area contributed by atoms with Crippen LogP contribution in [0.5, 0.6) is 0 Å². The fraction of sp³-hybridized carbons (Fsp3) is 0.385. The number of nitrogens with zero attached hydrogens (tertiary/aromatic N) is 3. The number of hydrogen-bond acceptors (Lipinski definition) is 7. The summed E-state index contributed by atoms with van der Waals surface area (Å²) in [5, 5.41) is 21.6. The molecule has 0 aromatic carbocycles. The van der Waals surface area contributed by atoms with Gasteiger partial charge < -0.3 is 20.7 Å². The van der Waals surface area contributed by atoms with E-state index < -0.39 is 35.3 Å². The molecule has 1 aliphatic heterocycles. The fourth-order valence-electron chi connectivity index (χ4n) is 2.47. The Morgan fingerprint density at radius 2 is 2.23 bits per heavy atom. The van der Waals surface area contributed by atoms with Crippen LogP contribution in [0.1, 0.15) is 6.23 Å². The van der Waals surface area contributed by atoms with E-state index in [0.717, 1.165) is 0 Å². The highest BCUT2D eigenvalue weighted by Gasteiger charge is 2.44. The normalized spacial score (nSPS) is 29.7. The van der Waals surface area contributed by atoms with Gasteiger partial charge in [-0.2, -0.15) is 0 Å². The molecular formula is C13H16N4O4S. The average Bonchev–Trinajstić information content (AvgIpc) is 3.05. The fourth-order valence-corrected chi connectivity index (χ4v) is 3.20. The van der Waals surface area contributed by atoms with Gasteiger partial charge in [-0.05, 0) is 11.5 Å². The number of rotatable bonds is 4. The molecular weight excluding hydrogens is 308 g/mol. The maximum Gasteiger partial charge on any atom is 0.165 e. The standard InChI is InChI=1S/C13H16N4O4S/c1-2-22(20)5-8-10(18)11(19)13(21-8)17-6-16-9-7(14)3-4-15-12(9)17/h2-4,6,8,10-11,13,18-19H,1,5H2,(H2,14,15)/t8-,10?,11+,13-,22?/m1/s1. The Morgan fingerprint density at radius 3 is 2.95 bits per heavy atom. The van der Waals surface area contributed by atoms with Crippen molar-refractivity contribution in [3.63, 3.8) is 0 Å². The van der Waals surface area contributed by atoms with E-state index in [-0.39, 0.29) is 5.75 Å². The van der Waals surface area contributed by atoms with E-state index in [1.165, 1.54) is 22.5 Å². The summed E-state index contributed by atoms with van der Waals surface area (Å²) >= 11 is 0. The van der Waals surface area contributed by atoms with Crippen molar-refractivity contribution in [2.24, 2.45) is 0 Å². The Hall–Kier alpha value is -1.81. The lowest BCUT2D eigenvalue weighted by atomic mass is 10.1. The van der Waals surface area contributed by atoms with E-state index >= 15 is 0 Å². The molecule has 8 nitrogen and oxygen atoms in total. The summed E-state index contributed by atoms with van der Waals surface area (Å²) in [6.07, 6.45) is -1.02. The Morgan fingerprint density at radius 1 is 1.45 bits per heavy atom. The molecule has 5 atom stereocenters. The van der Waals surface area contributed by atoms with Crippen LogP contribution < -0.4 is 5.73 Å². The third-order valence-corrected chi connectivity index (χ3v) is 4.65. The first-order chi connectivity index (χ1) is 10.5. The number of pyridine rings is 1. The van der Waals surface area contributed by atoms with Gasteiger partial charge in [-0.1, -0.05) is 6.58 Å². The molecule has 0 saturated carbocycles. The van der Waals surface area contributed by atoms with Crippen molar-refractivity contribution < 1.29 is 19.2 Å². The van der Waals surface area contributed by atoms with Crippen LogP contribution in [0.3, 0.4) is 0 Å². The highest BCUT2D eigenvalue weighted by molar-refractivity contribution is 7.87. The first-order valence-corrected chi connectivity index (χ1v) is 7.99. The van der Waals surface area contributed by atoms with E-state index in [2.05, 4.69) is 16.5 Å². The molecule has 3 heterocycles. The summed E-state index contributed by atoms with van der Waals surface area (Å²) in [5.41, 5.74) is 7.22. The van der Waals surface area contributed by atoms with E-state index in [4.69, 9.17) is 10.5 Å². The zero-order chi connectivity index (χ0) is 15.9. The van der Waals surface area contributed by atoms with Crippen LogP contribution in [0.2, 0.25) is 0 Å². The average molecular weight is 324 g/mol. The van der Waals surface area contributed by atoms with Crippen LogP contribution in [-0.4, -0.2) is 53.0 Å². The van der Waals surface area contributed by atoms with Crippen molar-refractivity contribution in [2.75, 3.05) is 11.5 Å². The van der Waals surface area contributed by atoms with Gasteiger partial charge in [0.1, 0.15) is 23.8 Å². The molecule has 22 heavy (non-hydrogen) atoms. The lowest BCUT2D eigenvalue weighted by Gasteiger charge is -2.16. The number of nitrogen functional groups attached to an aromatic ring is 1. The minimum atomic E-state index is -1.34. The van der Waals surface area contributed by atoms with Gasteiger partial charge in [-0.15, -0.1) is 0 Å². The molecule has 0 amide bonds. The molecule has 1 saturated heterocycles. The molecule has 3 rings (SSSR count). The molecule has 0 aliphatic carbocycles. The monoisotopic (exact) mass is 324 g/mol. The van der Waals surface area contributed by atoms with E-state index in [0.29, 0.717) is 16.9 Å². The number of aliphatic hydroxyl groups is 2. The van der Waals surface area contributed by atoms with Crippen molar-refractivity contribution >= 4 is 27.7 Å². The number of nitrogens with two attached hydrogens (primary N) is 1. The summed E-state index contributed by atoms with van der Waals surface area (Å²) in [7, 11) is -1.34. The van der Waals surface area contributed by atoms with Gasteiger partial charge in [0.2, 0.25) is 0 Å². The molecule has 0 radical (unpaired) electrons. The van der Waals surface area contributed by atoms with Crippen LogP contribution >= 0.6 is 0 Å². The van der Waals surface area contributed by atoms with Crippen molar-refractivity contribution in [1.82, 2.24) is 14.5 Å². The van der Waals surface area contributed by atoms with Gasteiger partial charge in [0.25, 0.3) is 0 Å². The number of anilines is 1. The summed E-state index contributed by atoms with van der Waals surface area (Å²) < 4.78 is 18.7. The lowest BCUT2D eigenvalue weighted by molar-refractivity contribution is -0.0290. The molecule has 2 aromatic heterocycles. The SMILES string of the molecule is C=CS(=O)C[C@H]1O[C@@H](n2cnc3c(N)ccnc32)[C@@H](O)C1O. The van der Waals surface area contributed by atoms with Gasteiger partial charge in [0.05, 0.1) is 17.8 Å². The minimum Gasteiger partial charge on any atom is -0.397 e. The summed E-state index contributed by atoms with van der Waals surface area (Å²) in [4.78, 5) is 8.33. The van der Waals surface area contributed by atoms with E-state index in [9.17, 15) is 14.4 Å². The predicted octanol–water partition coefficient (Wildman–Crippen LogP) is -0.475. The lowest BCUT2D eigenvalue weighted by Crippen LogP contribution is -2.34. The molecule has 118 valence electrons. The van der Waals surface area contributed by atoms with Gasteiger partial charge in [-0.25, -0.2) is 9.97 Å². The van der Waals surface area contributed by atoms with Gasteiger partial charge in [0, 0.05) is 17.0 Å². The molecule has 2 unspecified atom stereocenters. The predicted molar refractivity (Wildman–Crippen MR) is 81.1 cm³/mol. The van der Waals surface area contributed by atoms with Gasteiger partial charge in [0.15, 0.2) is 11.9 Å². The maximum atomic E-state index is 11.5. The molecule has 0 bridgehead atoms. The second-order valence-corrected chi connectivity index (χ2v) is 6.41. The highest BCUT2D eigenvalue weighted by atomic mass is 32.2. The molecule has 0 spiro atoms. The molecule has 1 aliphatic rings. The second-order valence-electron chi connectivity index (χ2n) is 4.98. The third kappa shape index (κ3) is 2.41. The molecule has 4 N–H and O–H groups in total. The largest absolute Gasteiger partial charge is 0.397 e. The number of hydrogen-bond donors (Lipinski definition) is 3. The maximum absolute atomic E-state index is 11.5. The van der Waals surface area contributed by atoms with Crippen LogP contribution in [-0.2, 0) is 15.5 Å². The van der Waals surface area contributed by atoms with Gasteiger partial charge >= 0.3 is 0 Å². The number of aromatic nitrogens is 3. The van der Waals surface area contributed by atoms with Crippen molar-refractivity contribution in [3.8, 4) is 0 Å². The second kappa shape index (κ2) is 5.76. The Kier molecular flexibility index (Phi) is 3.96. The van der Waals surface area contributed by atoms with Crippen molar-refractivity contribution in [1.29, 1.82) is 0 Å². The number of aliphatic hydroxyl groups excluding tert-OH is 2. The van der Waals surface area contributed by atoms with Crippen LogP contribution in [0, 0.1) is 0 Å². The quantitative estimate of drug-likeness (QED) is 0.694. The van der Waals surface area contributed by atoms with Crippen LogP contribution in [0.4, 0.5) is 5.69 Å². The zero-order valence-electron chi connectivity index (χ0n) is 11.6. The number of fused-ring (bicyclic) bond motifs is 1. The zero-order valence-corrected chi connectivity index (χ0v) is 12.4. The Labute approximate surface area is 128 Å². The van der Waals surface area contributed by atoms with E-state index in [1.807, 2.05) is 0 Å². The molecule has 2 aromatic rings. The molecule has 1 fully saturated rings. The first kappa shape index (κ1) is 15.1. The first-order valence-electron chi connectivity index (χ1n) is 6.61. The third-order valence-electron chi connectivity index (χ3n) is 3.62.